The zero-order chi connectivity index (χ0) is 13.1. The molecule has 1 saturated carbocycles. The van der Waals surface area contributed by atoms with Crippen LogP contribution in [0.3, 0.4) is 0 Å². The molecule has 0 atom stereocenters. The molecule has 2 aromatic rings. The quantitative estimate of drug-likeness (QED) is 0.890. The maximum Gasteiger partial charge on any atom is 0.267 e. The van der Waals surface area contributed by atoms with Crippen LogP contribution in [0.1, 0.15) is 35.1 Å². The Bertz CT molecular complexity index is 558. The molecule has 1 amide bonds. The molecule has 2 heterocycles. The Labute approximate surface area is 112 Å². The standard InChI is InChI=1S/C15H17N3O/c19-15(14-5-3-11-18(14)13-6-7-13)17-10-8-12-4-1-2-9-16-12/h1-5,9,11,13H,6-8,10H2,(H,17,19). The monoisotopic (exact) mass is 255 g/mol. The minimum Gasteiger partial charge on any atom is -0.350 e. The molecule has 19 heavy (non-hydrogen) atoms. The van der Waals surface area contributed by atoms with Gasteiger partial charge in [0.25, 0.3) is 5.91 Å². The van der Waals surface area contributed by atoms with Gasteiger partial charge in [0.15, 0.2) is 0 Å². The van der Waals surface area contributed by atoms with E-state index >= 15 is 0 Å². The normalized spacial score (nSPS) is 14.3. The highest BCUT2D eigenvalue weighted by molar-refractivity contribution is 5.92. The molecule has 2 aromatic heterocycles. The summed E-state index contributed by atoms with van der Waals surface area (Å²) in [5, 5.41) is 2.96. The van der Waals surface area contributed by atoms with Crippen LogP contribution in [0.4, 0.5) is 0 Å². The van der Waals surface area contributed by atoms with Crippen molar-refractivity contribution in [1.82, 2.24) is 14.9 Å². The van der Waals surface area contributed by atoms with Crippen molar-refractivity contribution in [2.75, 3.05) is 6.54 Å². The summed E-state index contributed by atoms with van der Waals surface area (Å²) >= 11 is 0. The minimum atomic E-state index is 0.00725. The third kappa shape index (κ3) is 2.84. The van der Waals surface area contributed by atoms with Gasteiger partial charge in [-0.1, -0.05) is 6.07 Å². The summed E-state index contributed by atoms with van der Waals surface area (Å²) in [6, 6.07) is 10.2. The second kappa shape index (κ2) is 5.26. The molecule has 0 radical (unpaired) electrons. The van der Waals surface area contributed by atoms with E-state index < -0.39 is 0 Å². The first kappa shape index (κ1) is 12.0. The van der Waals surface area contributed by atoms with E-state index in [0.29, 0.717) is 12.6 Å². The van der Waals surface area contributed by atoms with Gasteiger partial charge in [0, 0.05) is 37.1 Å². The summed E-state index contributed by atoms with van der Waals surface area (Å²) in [6.07, 6.45) is 6.89. The van der Waals surface area contributed by atoms with Crippen LogP contribution in [0.5, 0.6) is 0 Å². The van der Waals surface area contributed by atoms with Crippen LogP contribution in [-0.4, -0.2) is 22.0 Å². The molecule has 0 bridgehead atoms. The molecule has 0 unspecified atom stereocenters. The first-order valence-electron chi connectivity index (χ1n) is 6.69. The van der Waals surface area contributed by atoms with E-state index in [4.69, 9.17) is 0 Å². The number of amides is 1. The Morgan fingerprint density at radius 3 is 2.95 bits per heavy atom. The number of nitrogens with zero attached hydrogens (tertiary/aromatic N) is 2. The number of hydrogen-bond acceptors (Lipinski definition) is 2. The van der Waals surface area contributed by atoms with Crippen LogP contribution in [0.15, 0.2) is 42.7 Å². The Hall–Kier alpha value is -2.10. The van der Waals surface area contributed by atoms with Crippen molar-refractivity contribution in [2.45, 2.75) is 25.3 Å². The van der Waals surface area contributed by atoms with Crippen molar-refractivity contribution < 1.29 is 4.79 Å². The Morgan fingerprint density at radius 1 is 1.32 bits per heavy atom. The Balaban J connectivity index is 1.55. The van der Waals surface area contributed by atoms with Gasteiger partial charge in [-0.15, -0.1) is 0 Å². The number of rotatable bonds is 5. The summed E-state index contributed by atoms with van der Waals surface area (Å²) < 4.78 is 2.08. The molecule has 0 aliphatic heterocycles. The molecule has 4 nitrogen and oxygen atoms in total. The second-order valence-electron chi connectivity index (χ2n) is 4.86. The highest BCUT2D eigenvalue weighted by Crippen LogP contribution is 2.35. The fourth-order valence-corrected chi connectivity index (χ4v) is 2.20. The number of hydrogen-bond donors (Lipinski definition) is 1. The molecule has 4 heteroatoms. The summed E-state index contributed by atoms with van der Waals surface area (Å²) in [6.45, 7) is 0.617. The van der Waals surface area contributed by atoms with E-state index in [9.17, 15) is 4.79 Å². The van der Waals surface area contributed by atoms with E-state index in [1.54, 1.807) is 6.20 Å². The lowest BCUT2D eigenvalue weighted by atomic mass is 10.2. The van der Waals surface area contributed by atoms with Crippen molar-refractivity contribution in [3.8, 4) is 0 Å². The van der Waals surface area contributed by atoms with Crippen molar-refractivity contribution in [2.24, 2.45) is 0 Å². The second-order valence-corrected chi connectivity index (χ2v) is 4.86. The third-order valence-corrected chi connectivity index (χ3v) is 3.34. The topological polar surface area (TPSA) is 46.9 Å². The summed E-state index contributed by atoms with van der Waals surface area (Å²) in [5.41, 5.74) is 1.77. The van der Waals surface area contributed by atoms with Gasteiger partial charge in [0.05, 0.1) is 0 Å². The zero-order valence-electron chi connectivity index (χ0n) is 10.7. The van der Waals surface area contributed by atoms with Crippen LogP contribution >= 0.6 is 0 Å². The average molecular weight is 255 g/mol. The SMILES string of the molecule is O=C(NCCc1ccccn1)c1cccn1C1CC1. The zero-order valence-corrected chi connectivity index (χ0v) is 10.7. The van der Waals surface area contributed by atoms with Gasteiger partial charge in [0.2, 0.25) is 0 Å². The maximum atomic E-state index is 12.1. The molecule has 1 aliphatic carbocycles. The molecule has 1 aliphatic rings. The van der Waals surface area contributed by atoms with Crippen LogP contribution in [0.2, 0.25) is 0 Å². The molecule has 3 rings (SSSR count). The van der Waals surface area contributed by atoms with Crippen molar-refractivity contribution in [3.63, 3.8) is 0 Å². The third-order valence-electron chi connectivity index (χ3n) is 3.34. The molecule has 0 aromatic carbocycles. The van der Waals surface area contributed by atoms with Crippen LogP contribution in [0.25, 0.3) is 0 Å². The number of pyridine rings is 1. The van der Waals surface area contributed by atoms with Crippen LogP contribution in [0, 0.1) is 0 Å². The van der Waals surface area contributed by atoms with Gasteiger partial charge in [-0.3, -0.25) is 9.78 Å². The summed E-state index contributed by atoms with van der Waals surface area (Å²) in [5.74, 6) is 0.00725. The highest BCUT2D eigenvalue weighted by atomic mass is 16.1. The van der Waals surface area contributed by atoms with Gasteiger partial charge < -0.3 is 9.88 Å². The van der Waals surface area contributed by atoms with Crippen LogP contribution in [-0.2, 0) is 6.42 Å². The molecule has 1 N–H and O–H groups in total. The lowest BCUT2D eigenvalue weighted by Gasteiger charge is -2.08. The van der Waals surface area contributed by atoms with E-state index in [1.807, 2.05) is 36.5 Å². The lowest BCUT2D eigenvalue weighted by molar-refractivity contribution is 0.0944. The molecule has 0 spiro atoms. The largest absolute Gasteiger partial charge is 0.350 e. The summed E-state index contributed by atoms with van der Waals surface area (Å²) in [7, 11) is 0. The smallest absolute Gasteiger partial charge is 0.267 e. The van der Waals surface area contributed by atoms with E-state index in [2.05, 4.69) is 14.9 Å². The fraction of sp³-hybridized carbons (Fsp3) is 0.333. The molecule has 1 fully saturated rings. The Kier molecular flexibility index (Phi) is 3.31. The fourth-order valence-electron chi connectivity index (χ4n) is 2.20. The maximum absolute atomic E-state index is 12.1. The molecular weight excluding hydrogens is 238 g/mol. The van der Waals surface area contributed by atoms with Gasteiger partial charge >= 0.3 is 0 Å². The first-order chi connectivity index (χ1) is 9.34. The number of aromatic nitrogens is 2. The Morgan fingerprint density at radius 2 is 2.21 bits per heavy atom. The molecular formula is C15H17N3O. The summed E-state index contributed by atoms with van der Waals surface area (Å²) in [4.78, 5) is 16.3. The van der Waals surface area contributed by atoms with Crippen molar-refractivity contribution >= 4 is 5.91 Å². The first-order valence-corrected chi connectivity index (χ1v) is 6.69. The predicted molar refractivity (Wildman–Crippen MR) is 73.0 cm³/mol. The highest BCUT2D eigenvalue weighted by Gasteiger charge is 2.26. The van der Waals surface area contributed by atoms with Gasteiger partial charge in [-0.25, -0.2) is 0 Å². The molecule has 0 saturated heterocycles. The molecule has 98 valence electrons. The minimum absolute atomic E-state index is 0.00725. The van der Waals surface area contributed by atoms with Crippen molar-refractivity contribution in [1.29, 1.82) is 0 Å². The van der Waals surface area contributed by atoms with Gasteiger partial charge in [0.1, 0.15) is 5.69 Å². The predicted octanol–water partition coefficient (Wildman–Crippen LogP) is 2.19. The lowest BCUT2D eigenvalue weighted by Crippen LogP contribution is -2.27. The number of nitrogens with one attached hydrogen (secondary N) is 1. The average Bonchev–Trinajstić information content (AvgIpc) is 3.17. The number of carbonyl (C=O) groups is 1. The van der Waals surface area contributed by atoms with E-state index in [1.165, 1.54) is 12.8 Å². The number of carbonyl (C=O) groups excluding carboxylic acids is 1. The van der Waals surface area contributed by atoms with E-state index in [0.717, 1.165) is 17.8 Å². The van der Waals surface area contributed by atoms with Crippen LogP contribution < -0.4 is 5.32 Å². The van der Waals surface area contributed by atoms with Gasteiger partial charge in [-0.2, -0.15) is 0 Å². The van der Waals surface area contributed by atoms with E-state index in [-0.39, 0.29) is 5.91 Å². The van der Waals surface area contributed by atoms with Crippen molar-refractivity contribution in [3.05, 3.63) is 54.1 Å². The van der Waals surface area contributed by atoms with Gasteiger partial charge in [-0.05, 0) is 37.1 Å².